The Morgan fingerprint density at radius 3 is 2.91 bits per heavy atom. The second-order valence-corrected chi connectivity index (χ2v) is 7.48. The average Bonchev–Trinajstić information content (AvgIpc) is 3.19. The van der Waals surface area contributed by atoms with E-state index < -0.39 is 0 Å². The molecular weight excluding hydrogens is 312 g/mol. The summed E-state index contributed by atoms with van der Waals surface area (Å²) in [7, 11) is 2.05. The Kier molecular flexibility index (Phi) is 3.92. The molecule has 2 aliphatic rings. The first-order valence-electron chi connectivity index (χ1n) is 8.03. The third-order valence-electron chi connectivity index (χ3n) is 4.90. The van der Waals surface area contributed by atoms with Gasteiger partial charge in [0.05, 0.1) is 29.9 Å². The number of likely N-dealkylation sites (N-methyl/N-ethyl adjacent to an activating group) is 1. The van der Waals surface area contributed by atoms with E-state index in [1.807, 2.05) is 12.6 Å². The van der Waals surface area contributed by atoms with Gasteiger partial charge in [0.15, 0.2) is 5.82 Å². The highest BCUT2D eigenvalue weighted by Crippen LogP contribution is 2.31. The Hall–Kier alpha value is -1.35. The number of aromatic nitrogens is 4. The molecule has 0 amide bonds. The van der Waals surface area contributed by atoms with Crippen LogP contribution in [0.25, 0.3) is 0 Å². The molecule has 0 aliphatic carbocycles. The van der Waals surface area contributed by atoms with Gasteiger partial charge in [-0.05, 0) is 20.4 Å². The molecule has 0 saturated carbocycles. The number of aryl methyl sites for hydroxylation is 1. The molecule has 7 nitrogen and oxygen atoms in total. The van der Waals surface area contributed by atoms with E-state index in [4.69, 9.17) is 0 Å². The van der Waals surface area contributed by atoms with Crippen molar-refractivity contribution < 1.29 is 5.11 Å². The van der Waals surface area contributed by atoms with E-state index in [1.165, 1.54) is 4.88 Å². The van der Waals surface area contributed by atoms with Crippen molar-refractivity contribution in [1.82, 2.24) is 29.5 Å². The van der Waals surface area contributed by atoms with Crippen molar-refractivity contribution in [2.45, 2.75) is 45.1 Å². The summed E-state index contributed by atoms with van der Waals surface area (Å²) < 4.78 is 2.25. The molecule has 1 fully saturated rings. The Balaban J connectivity index is 1.50. The predicted octanol–water partition coefficient (Wildman–Crippen LogP) is 0.796. The lowest BCUT2D eigenvalue weighted by molar-refractivity contribution is 0.182. The lowest BCUT2D eigenvalue weighted by Gasteiger charge is -2.28. The summed E-state index contributed by atoms with van der Waals surface area (Å²) in [4.78, 5) is 10.2. The first-order valence-corrected chi connectivity index (χ1v) is 8.91. The summed E-state index contributed by atoms with van der Waals surface area (Å²) in [5.41, 5.74) is 3.04. The lowest BCUT2D eigenvalue weighted by atomic mass is 10.2. The average molecular weight is 334 g/mol. The Morgan fingerprint density at radius 2 is 2.22 bits per heavy atom. The molecule has 124 valence electrons. The van der Waals surface area contributed by atoms with Crippen molar-refractivity contribution in [2.75, 3.05) is 20.1 Å². The van der Waals surface area contributed by atoms with E-state index in [0.717, 1.165) is 49.9 Å². The van der Waals surface area contributed by atoms with E-state index >= 15 is 0 Å². The van der Waals surface area contributed by atoms with Crippen LogP contribution in [0.1, 0.15) is 34.7 Å². The molecule has 0 spiro atoms. The number of thiazole rings is 1. The maximum absolute atomic E-state index is 9.87. The van der Waals surface area contributed by atoms with Crippen molar-refractivity contribution in [3.05, 3.63) is 27.7 Å². The smallest absolute Gasteiger partial charge is 0.150 e. The van der Waals surface area contributed by atoms with Crippen LogP contribution < -0.4 is 0 Å². The largest absolute Gasteiger partial charge is 0.392 e. The lowest BCUT2D eigenvalue weighted by Crippen LogP contribution is -2.34. The number of rotatable bonds is 3. The van der Waals surface area contributed by atoms with Crippen LogP contribution >= 0.6 is 11.3 Å². The van der Waals surface area contributed by atoms with E-state index in [1.54, 1.807) is 11.3 Å². The van der Waals surface area contributed by atoms with Crippen molar-refractivity contribution in [2.24, 2.45) is 0 Å². The molecule has 1 saturated heterocycles. The highest BCUT2D eigenvalue weighted by Gasteiger charge is 2.34. The molecule has 0 bridgehead atoms. The number of fused-ring (bicyclic) bond motifs is 1. The molecule has 2 atom stereocenters. The number of aliphatic hydroxyl groups is 1. The monoisotopic (exact) mass is 334 g/mol. The van der Waals surface area contributed by atoms with E-state index in [0.29, 0.717) is 6.54 Å². The molecule has 4 rings (SSSR count). The number of nitrogens with zero attached hydrogens (tertiary/aromatic N) is 6. The SMILES string of the molecule is Cc1ncsc1CN1CCn2c(nnc2[C@@H]2C[C@@H](O)CN2C)C1. The second-order valence-electron chi connectivity index (χ2n) is 6.54. The minimum atomic E-state index is -0.257. The second kappa shape index (κ2) is 5.94. The number of hydrogen-bond donors (Lipinski definition) is 1. The number of β-amino-alcohol motifs (C(OH)–C–C–N with tert-alkyl or cyclic N) is 1. The van der Waals surface area contributed by atoms with E-state index in [-0.39, 0.29) is 12.1 Å². The molecule has 1 N–H and O–H groups in total. The van der Waals surface area contributed by atoms with Crippen LogP contribution in [0.2, 0.25) is 0 Å². The van der Waals surface area contributed by atoms with Crippen LogP contribution in [0.3, 0.4) is 0 Å². The van der Waals surface area contributed by atoms with Crippen molar-refractivity contribution >= 4 is 11.3 Å². The molecule has 2 aliphatic heterocycles. The van der Waals surface area contributed by atoms with Gasteiger partial charge < -0.3 is 9.67 Å². The third kappa shape index (κ3) is 2.80. The molecular formula is C15H22N6OS. The van der Waals surface area contributed by atoms with Crippen molar-refractivity contribution in [3.63, 3.8) is 0 Å². The van der Waals surface area contributed by atoms with Gasteiger partial charge in [0.25, 0.3) is 0 Å². The van der Waals surface area contributed by atoms with Crippen LogP contribution in [-0.2, 0) is 19.6 Å². The highest BCUT2D eigenvalue weighted by atomic mass is 32.1. The Bertz CT molecular complexity index is 698. The quantitative estimate of drug-likeness (QED) is 0.895. The first-order chi connectivity index (χ1) is 11.1. The molecule has 2 aromatic rings. The van der Waals surface area contributed by atoms with Gasteiger partial charge in [-0.2, -0.15) is 0 Å². The zero-order chi connectivity index (χ0) is 16.0. The minimum Gasteiger partial charge on any atom is -0.392 e. The van der Waals surface area contributed by atoms with E-state index in [2.05, 4.69) is 36.5 Å². The zero-order valence-corrected chi connectivity index (χ0v) is 14.3. The van der Waals surface area contributed by atoms with Gasteiger partial charge in [0.1, 0.15) is 5.82 Å². The van der Waals surface area contributed by atoms with Gasteiger partial charge in [-0.3, -0.25) is 9.80 Å². The van der Waals surface area contributed by atoms with Gasteiger partial charge in [-0.1, -0.05) is 0 Å². The number of aliphatic hydroxyl groups excluding tert-OH is 1. The van der Waals surface area contributed by atoms with Gasteiger partial charge >= 0.3 is 0 Å². The highest BCUT2D eigenvalue weighted by molar-refractivity contribution is 7.09. The fraction of sp³-hybridized carbons (Fsp3) is 0.667. The van der Waals surface area contributed by atoms with Crippen LogP contribution in [0.4, 0.5) is 0 Å². The fourth-order valence-electron chi connectivity index (χ4n) is 3.57. The number of likely N-dealkylation sites (tertiary alicyclic amines) is 1. The van der Waals surface area contributed by atoms with Gasteiger partial charge in [-0.25, -0.2) is 4.98 Å². The summed E-state index contributed by atoms with van der Waals surface area (Å²) in [6.07, 6.45) is 0.491. The van der Waals surface area contributed by atoms with Gasteiger partial charge in [-0.15, -0.1) is 21.5 Å². The topological polar surface area (TPSA) is 70.3 Å². The molecule has 8 heteroatoms. The summed E-state index contributed by atoms with van der Waals surface area (Å²) in [6.45, 7) is 6.44. The summed E-state index contributed by atoms with van der Waals surface area (Å²) in [5.74, 6) is 2.04. The summed E-state index contributed by atoms with van der Waals surface area (Å²) >= 11 is 1.72. The standard InChI is InChI=1S/C15H22N6OS/c1-10-13(23-9-16-10)7-20-3-4-21-14(8-20)17-18-15(21)12-5-11(22)6-19(12)2/h9,11-12,22H,3-8H2,1-2H3/t11-,12+/m1/s1. The summed E-state index contributed by atoms with van der Waals surface area (Å²) in [5, 5.41) is 18.7. The normalized spacial score (nSPS) is 25.9. The van der Waals surface area contributed by atoms with Gasteiger partial charge in [0.2, 0.25) is 0 Å². The fourth-order valence-corrected chi connectivity index (χ4v) is 4.39. The zero-order valence-electron chi connectivity index (χ0n) is 13.5. The number of hydrogen-bond acceptors (Lipinski definition) is 7. The van der Waals surface area contributed by atoms with Crippen LogP contribution in [0.15, 0.2) is 5.51 Å². The molecule has 2 aromatic heterocycles. The maximum Gasteiger partial charge on any atom is 0.150 e. The minimum absolute atomic E-state index is 0.182. The Morgan fingerprint density at radius 1 is 1.35 bits per heavy atom. The van der Waals surface area contributed by atoms with Crippen LogP contribution in [0, 0.1) is 6.92 Å². The Labute approximate surface area is 139 Å². The van der Waals surface area contributed by atoms with Crippen molar-refractivity contribution in [3.8, 4) is 0 Å². The molecule has 4 heterocycles. The predicted molar refractivity (Wildman–Crippen MR) is 87.0 cm³/mol. The van der Waals surface area contributed by atoms with Gasteiger partial charge in [0, 0.05) is 31.1 Å². The van der Waals surface area contributed by atoms with Crippen molar-refractivity contribution in [1.29, 1.82) is 0 Å². The van der Waals surface area contributed by atoms with Crippen LogP contribution in [-0.4, -0.2) is 60.9 Å². The van der Waals surface area contributed by atoms with Crippen LogP contribution in [0.5, 0.6) is 0 Å². The molecule has 0 radical (unpaired) electrons. The third-order valence-corrected chi connectivity index (χ3v) is 5.82. The van der Waals surface area contributed by atoms with E-state index in [9.17, 15) is 5.11 Å². The molecule has 0 aromatic carbocycles. The summed E-state index contributed by atoms with van der Waals surface area (Å²) in [6, 6.07) is 0.182. The molecule has 23 heavy (non-hydrogen) atoms. The molecule has 0 unspecified atom stereocenters. The first kappa shape index (κ1) is 15.2. The maximum atomic E-state index is 9.87.